The molecule has 0 atom stereocenters. The van der Waals surface area contributed by atoms with E-state index in [1.54, 1.807) is 12.1 Å². The fourth-order valence-electron chi connectivity index (χ4n) is 2.07. The highest BCUT2D eigenvalue weighted by molar-refractivity contribution is 5.88. The molecule has 1 heterocycles. The molecular formula is C20H17NO4. The molecular weight excluding hydrogens is 318 g/mol. The summed E-state index contributed by atoms with van der Waals surface area (Å²) in [5.41, 5.74) is 1.95. The van der Waals surface area contributed by atoms with Crippen LogP contribution in [-0.2, 0) is 4.79 Å². The minimum absolute atomic E-state index is 0.227. The van der Waals surface area contributed by atoms with E-state index < -0.39 is 11.9 Å². The molecule has 5 nitrogen and oxygen atoms in total. The van der Waals surface area contributed by atoms with Crippen LogP contribution in [0, 0.1) is 6.92 Å². The largest absolute Gasteiger partial charge is 0.478 e. The third-order valence-corrected chi connectivity index (χ3v) is 3.35. The minimum atomic E-state index is -0.937. The Labute approximate surface area is 144 Å². The molecule has 3 rings (SSSR count). The van der Waals surface area contributed by atoms with E-state index in [1.165, 1.54) is 12.3 Å². The number of pyridine rings is 1. The molecule has 0 saturated carbocycles. The molecule has 1 aromatic heterocycles. The zero-order valence-corrected chi connectivity index (χ0v) is 13.6. The lowest BCUT2D eigenvalue weighted by atomic mass is 10.1. The number of aryl methyl sites for hydroxylation is 1. The van der Waals surface area contributed by atoms with E-state index >= 15 is 0 Å². The molecule has 0 saturated heterocycles. The van der Waals surface area contributed by atoms with E-state index in [9.17, 15) is 9.59 Å². The summed E-state index contributed by atoms with van der Waals surface area (Å²) in [5, 5.41) is 19.2. The van der Waals surface area contributed by atoms with Crippen LogP contribution in [0.1, 0.15) is 21.6 Å². The number of aromatic carboxylic acids is 1. The van der Waals surface area contributed by atoms with Gasteiger partial charge in [-0.25, -0.2) is 9.59 Å². The van der Waals surface area contributed by atoms with Gasteiger partial charge in [0.1, 0.15) is 0 Å². The zero-order chi connectivity index (χ0) is 18.2. The predicted molar refractivity (Wildman–Crippen MR) is 96.6 cm³/mol. The first-order valence-electron chi connectivity index (χ1n) is 7.51. The average molecular weight is 335 g/mol. The molecule has 5 heteroatoms. The normalized spacial score (nSPS) is 10.3. The first-order chi connectivity index (χ1) is 12.0. The van der Waals surface area contributed by atoms with E-state index in [0.717, 1.165) is 28.1 Å². The summed E-state index contributed by atoms with van der Waals surface area (Å²) in [6, 6.07) is 17.0. The molecule has 3 aromatic rings. The number of nitrogens with zero attached hydrogens (tertiary/aromatic N) is 1. The van der Waals surface area contributed by atoms with E-state index in [-0.39, 0.29) is 5.56 Å². The van der Waals surface area contributed by atoms with Crippen LogP contribution in [0.4, 0.5) is 0 Å². The second-order valence-electron chi connectivity index (χ2n) is 5.27. The van der Waals surface area contributed by atoms with E-state index in [4.69, 9.17) is 10.2 Å². The molecule has 0 aliphatic carbocycles. The van der Waals surface area contributed by atoms with Crippen molar-refractivity contribution in [1.82, 2.24) is 4.98 Å². The molecule has 0 spiro atoms. The number of hydrogen-bond donors (Lipinski definition) is 2. The van der Waals surface area contributed by atoms with Crippen molar-refractivity contribution in [2.45, 2.75) is 6.92 Å². The Balaban J connectivity index is 0.000000196. The fourth-order valence-corrected chi connectivity index (χ4v) is 2.07. The summed E-state index contributed by atoms with van der Waals surface area (Å²) in [7, 11) is 0. The Kier molecular flexibility index (Phi) is 6.01. The maximum atomic E-state index is 10.3. The Morgan fingerprint density at radius 2 is 1.68 bits per heavy atom. The Morgan fingerprint density at radius 1 is 0.960 bits per heavy atom. The number of carbonyl (C=O) groups is 2. The molecule has 2 aromatic carbocycles. The predicted octanol–water partition coefficient (Wildman–Crippen LogP) is 4.03. The number of hydrogen-bond acceptors (Lipinski definition) is 3. The van der Waals surface area contributed by atoms with Gasteiger partial charge in [-0.05, 0) is 47.5 Å². The van der Waals surface area contributed by atoms with Gasteiger partial charge < -0.3 is 10.2 Å². The van der Waals surface area contributed by atoms with Crippen LogP contribution in [0.5, 0.6) is 0 Å². The highest BCUT2D eigenvalue weighted by Gasteiger charge is 1.99. The molecule has 0 unspecified atom stereocenters. The van der Waals surface area contributed by atoms with Crippen LogP contribution in [-0.4, -0.2) is 27.1 Å². The average Bonchev–Trinajstić information content (AvgIpc) is 2.60. The molecule has 0 radical (unpaired) electrons. The molecule has 0 amide bonds. The van der Waals surface area contributed by atoms with Gasteiger partial charge in [-0.3, -0.25) is 4.98 Å². The Bertz CT molecular complexity index is 914. The first-order valence-corrected chi connectivity index (χ1v) is 7.51. The van der Waals surface area contributed by atoms with Crippen molar-refractivity contribution in [2.75, 3.05) is 0 Å². The molecule has 25 heavy (non-hydrogen) atoms. The van der Waals surface area contributed by atoms with Crippen molar-refractivity contribution in [2.24, 2.45) is 0 Å². The number of aliphatic carboxylic acids is 1. The van der Waals surface area contributed by atoms with Crippen molar-refractivity contribution < 1.29 is 19.8 Å². The summed E-state index contributed by atoms with van der Waals surface area (Å²) in [4.78, 5) is 24.4. The quantitative estimate of drug-likeness (QED) is 0.706. The zero-order valence-electron chi connectivity index (χ0n) is 13.6. The van der Waals surface area contributed by atoms with Gasteiger partial charge in [0.15, 0.2) is 0 Å². The molecule has 0 aliphatic heterocycles. The van der Waals surface area contributed by atoms with Crippen molar-refractivity contribution in [3.8, 4) is 0 Å². The fraction of sp³-hybridized carbons (Fsp3) is 0.0500. The lowest BCUT2D eigenvalue weighted by Crippen LogP contribution is -1.96. The second kappa shape index (κ2) is 8.40. The highest BCUT2D eigenvalue weighted by atomic mass is 16.4. The van der Waals surface area contributed by atoms with Gasteiger partial charge in [0.05, 0.1) is 5.56 Å². The standard InChI is InChI=1S/C13H10O2.C7H7NO2/c14-13(15)8-6-10-5-7-11-3-1-2-4-12(11)9-10;1-5-2-3-6(4-8-5)7(9)10/h1-9H,(H,14,15);2-4H,1H3,(H,9,10)/b8-6+;. The highest BCUT2D eigenvalue weighted by Crippen LogP contribution is 2.16. The molecule has 126 valence electrons. The minimum Gasteiger partial charge on any atom is -0.478 e. The monoisotopic (exact) mass is 335 g/mol. The van der Waals surface area contributed by atoms with Crippen molar-refractivity contribution in [3.63, 3.8) is 0 Å². The van der Waals surface area contributed by atoms with Crippen LogP contribution in [0.15, 0.2) is 66.9 Å². The molecule has 0 aliphatic rings. The summed E-state index contributed by atoms with van der Waals surface area (Å²) in [5.74, 6) is -1.87. The summed E-state index contributed by atoms with van der Waals surface area (Å²) in [6.07, 6.45) is 4.08. The van der Waals surface area contributed by atoms with E-state index in [1.807, 2.05) is 49.4 Å². The molecule has 0 fully saturated rings. The Hall–Kier alpha value is -3.47. The van der Waals surface area contributed by atoms with Crippen LogP contribution < -0.4 is 0 Å². The number of benzene rings is 2. The first kappa shape index (κ1) is 17.9. The topological polar surface area (TPSA) is 87.5 Å². The van der Waals surface area contributed by atoms with Crippen LogP contribution >= 0.6 is 0 Å². The lowest BCUT2D eigenvalue weighted by molar-refractivity contribution is -0.131. The van der Waals surface area contributed by atoms with Gasteiger partial charge in [0.2, 0.25) is 0 Å². The SMILES string of the molecule is Cc1ccc(C(=O)O)cn1.O=C(O)/C=C/c1ccc2ccccc2c1. The number of aromatic nitrogens is 1. The summed E-state index contributed by atoms with van der Waals surface area (Å²) >= 11 is 0. The number of carboxylic acid groups (broad SMARTS) is 2. The van der Waals surface area contributed by atoms with Crippen LogP contribution in [0.3, 0.4) is 0 Å². The van der Waals surface area contributed by atoms with Gasteiger partial charge >= 0.3 is 11.9 Å². The van der Waals surface area contributed by atoms with Gasteiger partial charge in [0.25, 0.3) is 0 Å². The van der Waals surface area contributed by atoms with Crippen molar-refractivity contribution in [3.05, 3.63) is 83.7 Å². The van der Waals surface area contributed by atoms with Gasteiger partial charge in [-0.15, -0.1) is 0 Å². The summed E-state index contributed by atoms with van der Waals surface area (Å²) in [6.45, 7) is 1.81. The van der Waals surface area contributed by atoms with E-state index in [2.05, 4.69) is 4.98 Å². The van der Waals surface area contributed by atoms with E-state index in [0.29, 0.717) is 0 Å². The van der Waals surface area contributed by atoms with Gasteiger partial charge in [-0.1, -0.05) is 36.4 Å². The van der Waals surface area contributed by atoms with Crippen molar-refractivity contribution in [1.29, 1.82) is 0 Å². The smallest absolute Gasteiger partial charge is 0.337 e. The van der Waals surface area contributed by atoms with Crippen molar-refractivity contribution >= 4 is 28.8 Å². The second-order valence-corrected chi connectivity index (χ2v) is 5.27. The third kappa shape index (κ3) is 5.58. The molecule has 2 N–H and O–H groups in total. The van der Waals surface area contributed by atoms with Crippen LogP contribution in [0.25, 0.3) is 16.8 Å². The number of fused-ring (bicyclic) bond motifs is 1. The third-order valence-electron chi connectivity index (χ3n) is 3.35. The maximum absolute atomic E-state index is 10.3. The van der Waals surface area contributed by atoms with Gasteiger partial charge in [-0.2, -0.15) is 0 Å². The lowest BCUT2D eigenvalue weighted by Gasteiger charge is -1.98. The Morgan fingerprint density at radius 3 is 2.28 bits per heavy atom. The number of carboxylic acids is 2. The molecule has 0 bridgehead atoms. The maximum Gasteiger partial charge on any atom is 0.337 e. The number of rotatable bonds is 3. The van der Waals surface area contributed by atoms with Crippen LogP contribution in [0.2, 0.25) is 0 Å². The van der Waals surface area contributed by atoms with Gasteiger partial charge in [0, 0.05) is 18.0 Å². The summed E-state index contributed by atoms with van der Waals surface area (Å²) < 4.78 is 0.